The Hall–Kier alpha value is -1.85. The molecule has 2 heterocycles. The number of para-hydroxylation sites is 1. The van der Waals surface area contributed by atoms with Gasteiger partial charge in [-0.25, -0.2) is 4.68 Å². The van der Waals surface area contributed by atoms with Crippen LogP contribution in [0.25, 0.3) is 5.69 Å². The molecule has 110 valence electrons. The van der Waals surface area contributed by atoms with Crippen LogP contribution in [0.4, 0.5) is 0 Å². The van der Waals surface area contributed by atoms with Crippen molar-refractivity contribution < 1.29 is 9.90 Å². The molecular weight excluding hydrogens is 290 g/mol. The van der Waals surface area contributed by atoms with Gasteiger partial charge in [-0.05, 0) is 25.5 Å². The highest BCUT2D eigenvalue weighted by Crippen LogP contribution is 2.26. The molecule has 0 bridgehead atoms. The van der Waals surface area contributed by atoms with Crippen LogP contribution in [0.1, 0.15) is 22.5 Å². The number of aromatic nitrogens is 2. The molecule has 1 fully saturated rings. The van der Waals surface area contributed by atoms with Crippen molar-refractivity contribution in [2.45, 2.75) is 19.4 Å². The molecule has 2 aromatic rings. The minimum Gasteiger partial charge on any atom is -0.391 e. The molecule has 0 aliphatic carbocycles. The number of halogens is 1. The third-order valence-electron chi connectivity index (χ3n) is 3.67. The molecule has 3 rings (SSSR count). The number of aryl methyl sites for hydroxylation is 1. The first-order valence-electron chi connectivity index (χ1n) is 6.86. The monoisotopic (exact) mass is 305 g/mol. The number of rotatable bonds is 2. The second-order valence-corrected chi connectivity index (χ2v) is 5.55. The van der Waals surface area contributed by atoms with Crippen LogP contribution < -0.4 is 0 Å². The van der Waals surface area contributed by atoms with Crippen molar-refractivity contribution in [1.82, 2.24) is 14.7 Å². The van der Waals surface area contributed by atoms with E-state index in [0.717, 1.165) is 5.69 Å². The summed E-state index contributed by atoms with van der Waals surface area (Å²) in [5, 5.41) is 14.2. The Balaban J connectivity index is 1.97. The Bertz CT molecular complexity index is 669. The van der Waals surface area contributed by atoms with E-state index in [9.17, 15) is 9.90 Å². The third-order valence-corrected chi connectivity index (χ3v) is 4.02. The van der Waals surface area contributed by atoms with Crippen LogP contribution in [0, 0.1) is 6.92 Å². The lowest BCUT2D eigenvalue weighted by atomic mass is 10.2. The van der Waals surface area contributed by atoms with E-state index in [2.05, 4.69) is 5.10 Å². The minimum atomic E-state index is -0.447. The van der Waals surface area contributed by atoms with E-state index in [-0.39, 0.29) is 5.91 Å². The molecular formula is C15H16ClN3O2. The maximum Gasteiger partial charge on any atom is 0.259 e. The van der Waals surface area contributed by atoms with Gasteiger partial charge in [-0.2, -0.15) is 5.10 Å². The fourth-order valence-corrected chi connectivity index (χ4v) is 2.92. The van der Waals surface area contributed by atoms with Gasteiger partial charge in [0.15, 0.2) is 0 Å². The topological polar surface area (TPSA) is 58.4 Å². The van der Waals surface area contributed by atoms with Crippen LogP contribution in [0.5, 0.6) is 0 Å². The number of hydrogen-bond acceptors (Lipinski definition) is 3. The van der Waals surface area contributed by atoms with Gasteiger partial charge in [-0.1, -0.05) is 29.8 Å². The SMILES string of the molecule is Cc1nn(-c2ccccc2)c(Cl)c1C(=O)N1CC[C@H](O)C1. The molecule has 1 aromatic carbocycles. The average molecular weight is 306 g/mol. The van der Waals surface area contributed by atoms with E-state index in [4.69, 9.17) is 11.6 Å². The molecule has 0 radical (unpaired) electrons. The second-order valence-electron chi connectivity index (χ2n) is 5.19. The van der Waals surface area contributed by atoms with Gasteiger partial charge < -0.3 is 10.0 Å². The number of likely N-dealkylation sites (tertiary alicyclic amines) is 1. The van der Waals surface area contributed by atoms with E-state index in [1.807, 2.05) is 30.3 Å². The third kappa shape index (κ3) is 2.54. The van der Waals surface area contributed by atoms with Crippen LogP contribution in [0.3, 0.4) is 0 Å². The number of benzene rings is 1. The van der Waals surface area contributed by atoms with Crippen LogP contribution in [0.2, 0.25) is 5.15 Å². The van der Waals surface area contributed by atoms with Gasteiger partial charge in [0.1, 0.15) is 5.15 Å². The van der Waals surface area contributed by atoms with Crippen molar-refractivity contribution in [2.75, 3.05) is 13.1 Å². The molecule has 1 aliphatic heterocycles. The summed E-state index contributed by atoms with van der Waals surface area (Å²) in [4.78, 5) is 14.2. The molecule has 5 nitrogen and oxygen atoms in total. The Morgan fingerprint density at radius 2 is 2.10 bits per heavy atom. The van der Waals surface area contributed by atoms with Crippen LogP contribution >= 0.6 is 11.6 Å². The highest BCUT2D eigenvalue weighted by molar-refractivity contribution is 6.33. The number of nitrogens with zero attached hydrogens (tertiary/aromatic N) is 3. The first-order chi connectivity index (χ1) is 10.1. The zero-order chi connectivity index (χ0) is 15.0. The van der Waals surface area contributed by atoms with Gasteiger partial charge in [-0.15, -0.1) is 0 Å². The van der Waals surface area contributed by atoms with Gasteiger partial charge in [0.2, 0.25) is 0 Å². The standard InChI is InChI=1S/C15H16ClN3O2/c1-10-13(15(21)18-8-7-12(20)9-18)14(16)19(17-10)11-5-3-2-4-6-11/h2-6,12,20H,7-9H2,1H3/t12-/m0/s1. The summed E-state index contributed by atoms with van der Waals surface area (Å²) in [7, 11) is 0. The number of amides is 1. The van der Waals surface area contributed by atoms with Gasteiger partial charge >= 0.3 is 0 Å². The van der Waals surface area contributed by atoms with E-state index in [1.165, 1.54) is 0 Å². The molecule has 1 aliphatic rings. The average Bonchev–Trinajstić information content (AvgIpc) is 3.03. The fourth-order valence-electron chi connectivity index (χ4n) is 2.57. The molecule has 1 atom stereocenters. The summed E-state index contributed by atoms with van der Waals surface area (Å²) in [5.41, 5.74) is 1.82. The summed E-state index contributed by atoms with van der Waals surface area (Å²) < 4.78 is 1.57. The second kappa shape index (κ2) is 5.50. The lowest BCUT2D eigenvalue weighted by Gasteiger charge is -2.15. The first-order valence-corrected chi connectivity index (χ1v) is 7.23. The summed E-state index contributed by atoms with van der Waals surface area (Å²) in [5.74, 6) is -0.170. The van der Waals surface area contributed by atoms with Gasteiger partial charge in [-0.3, -0.25) is 4.79 Å². The maximum absolute atomic E-state index is 12.6. The number of hydrogen-bond donors (Lipinski definition) is 1. The molecule has 0 spiro atoms. The lowest BCUT2D eigenvalue weighted by molar-refractivity contribution is 0.0764. The number of carbonyl (C=O) groups excluding carboxylic acids is 1. The number of aliphatic hydroxyl groups excluding tert-OH is 1. The van der Waals surface area contributed by atoms with E-state index in [1.54, 1.807) is 16.5 Å². The highest BCUT2D eigenvalue weighted by atomic mass is 35.5. The summed E-state index contributed by atoms with van der Waals surface area (Å²) in [6, 6.07) is 9.45. The molecule has 1 saturated heterocycles. The number of aliphatic hydroxyl groups is 1. The quantitative estimate of drug-likeness (QED) is 0.923. The van der Waals surface area contributed by atoms with Crippen molar-refractivity contribution >= 4 is 17.5 Å². The first kappa shape index (κ1) is 14.1. The van der Waals surface area contributed by atoms with Crippen molar-refractivity contribution in [2.24, 2.45) is 0 Å². The van der Waals surface area contributed by atoms with Crippen molar-refractivity contribution in [1.29, 1.82) is 0 Å². The Labute approximate surface area is 127 Å². The van der Waals surface area contributed by atoms with Crippen LogP contribution in [0.15, 0.2) is 30.3 Å². The summed E-state index contributed by atoms with van der Waals surface area (Å²) in [6.45, 7) is 2.67. The van der Waals surface area contributed by atoms with E-state index < -0.39 is 6.10 Å². The number of β-amino-alcohol motifs (C(OH)–C–C–N with tert-alkyl or cyclic N) is 1. The van der Waals surface area contributed by atoms with Crippen LogP contribution in [-0.4, -0.2) is 44.9 Å². The van der Waals surface area contributed by atoms with Crippen molar-refractivity contribution in [3.63, 3.8) is 0 Å². The van der Waals surface area contributed by atoms with E-state index >= 15 is 0 Å². The van der Waals surface area contributed by atoms with E-state index in [0.29, 0.717) is 35.9 Å². The fraction of sp³-hybridized carbons (Fsp3) is 0.333. The van der Waals surface area contributed by atoms with Crippen molar-refractivity contribution in [3.05, 3.63) is 46.7 Å². The zero-order valence-corrected chi connectivity index (χ0v) is 12.4. The summed E-state index contributed by atoms with van der Waals surface area (Å²) in [6.07, 6.45) is 0.159. The van der Waals surface area contributed by atoms with Crippen molar-refractivity contribution in [3.8, 4) is 5.69 Å². The Morgan fingerprint density at radius 3 is 2.71 bits per heavy atom. The predicted molar refractivity (Wildman–Crippen MR) is 79.8 cm³/mol. The highest BCUT2D eigenvalue weighted by Gasteiger charge is 2.30. The summed E-state index contributed by atoms with van der Waals surface area (Å²) >= 11 is 6.36. The Morgan fingerprint density at radius 1 is 1.38 bits per heavy atom. The van der Waals surface area contributed by atoms with Gasteiger partial charge in [0, 0.05) is 13.1 Å². The predicted octanol–water partition coefficient (Wildman–Crippen LogP) is 2.04. The largest absolute Gasteiger partial charge is 0.391 e. The molecule has 0 saturated carbocycles. The molecule has 1 aromatic heterocycles. The molecule has 6 heteroatoms. The smallest absolute Gasteiger partial charge is 0.259 e. The molecule has 1 amide bonds. The van der Waals surface area contributed by atoms with Crippen LogP contribution in [-0.2, 0) is 0 Å². The minimum absolute atomic E-state index is 0.170. The molecule has 21 heavy (non-hydrogen) atoms. The number of carbonyl (C=O) groups is 1. The maximum atomic E-state index is 12.6. The normalized spacial score (nSPS) is 18.2. The Kier molecular flexibility index (Phi) is 3.69. The van der Waals surface area contributed by atoms with Gasteiger partial charge in [0.05, 0.1) is 23.0 Å². The molecule has 1 N–H and O–H groups in total. The molecule has 0 unspecified atom stereocenters. The zero-order valence-electron chi connectivity index (χ0n) is 11.7. The lowest BCUT2D eigenvalue weighted by Crippen LogP contribution is -2.30. The van der Waals surface area contributed by atoms with Gasteiger partial charge in [0.25, 0.3) is 5.91 Å².